The number of Topliss-reactive ketones (excluding diaryl/α,β-unsaturated/α-hetero) is 1. The van der Waals surface area contributed by atoms with Gasteiger partial charge >= 0.3 is 0 Å². The van der Waals surface area contributed by atoms with Crippen molar-refractivity contribution in [2.24, 2.45) is 0 Å². The minimum Gasteiger partial charge on any atom is -0.289 e. The molecule has 0 aliphatic carbocycles. The van der Waals surface area contributed by atoms with E-state index in [9.17, 15) is 9.59 Å². The van der Waals surface area contributed by atoms with Crippen molar-refractivity contribution in [3.8, 4) is 0 Å². The van der Waals surface area contributed by atoms with Crippen molar-refractivity contribution in [1.29, 1.82) is 0 Å². The first-order chi connectivity index (χ1) is 11.2. The van der Waals surface area contributed by atoms with Crippen molar-refractivity contribution in [3.63, 3.8) is 0 Å². The molecule has 2 nitrogen and oxygen atoms in total. The summed E-state index contributed by atoms with van der Waals surface area (Å²) in [7, 11) is 0. The predicted octanol–water partition coefficient (Wildman–Crippen LogP) is 5.24. The summed E-state index contributed by atoms with van der Waals surface area (Å²) in [6.07, 6.45) is 3.88. The summed E-state index contributed by atoms with van der Waals surface area (Å²) in [5.41, 5.74) is 0.940. The van der Waals surface area contributed by atoms with Crippen molar-refractivity contribution in [2.75, 3.05) is 0 Å². The molecule has 0 fully saturated rings. The maximum absolute atomic E-state index is 12.7. The lowest BCUT2D eigenvalue weighted by Crippen LogP contribution is -2.20. The summed E-state index contributed by atoms with van der Waals surface area (Å²) < 4.78 is 0. The molecule has 0 aromatic heterocycles. The molecule has 0 radical (unpaired) electrons. The third-order valence-corrected chi connectivity index (χ3v) is 4.66. The molecule has 120 valence electrons. The van der Waals surface area contributed by atoms with Gasteiger partial charge in [0, 0.05) is 4.90 Å². The summed E-state index contributed by atoms with van der Waals surface area (Å²) in [6, 6.07) is 19.0. The SMILES string of the molecule is CCCCCC(C(=O)C(=O)Sc1ccccc1)c1ccccc1. The topological polar surface area (TPSA) is 34.1 Å². The molecule has 2 rings (SSSR count). The Labute approximate surface area is 142 Å². The molecule has 0 amide bonds. The van der Waals surface area contributed by atoms with Crippen molar-refractivity contribution in [1.82, 2.24) is 0 Å². The van der Waals surface area contributed by atoms with Gasteiger partial charge in [0.05, 0.1) is 5.92 Å². The maximum Gasteiger partial charge on any atom is 0.260 e. The number of ketones is 1. The molecule has 1 atom stereocenters. The van der Waals surface area contributed by atoms with E-state index in [-0.39, 0.29) is 16.8 Å². The standard InChI is InChI=1S/C20H22O2S/c1-2-3-6-15-18(16-11-7-4-8-12-16)19(21)20(22)23-17-13-9-5-10-14-17/h4-5,7-14,18H,2-3,6,15H2,1H3. The number of benzene rings is 2. The van der Waals surface area contributed by atoms with E-state index in [4.69, 9.17) is 0 Å². The number of rotatable bonds is 8. The minimum atomic E-state index is -0.374. The summed E-state index contributed by atoms with van der Waals surface area (Å²) in [4.78, 5) is 25.9. The Bertz CT molecular complexity index is 623. The average Bonchev–Trinajstić information content (AvgIpc) is 2.60. The first kappa shape index (κ1) is 17.5. The van der Waals surface area contributed by atoms with Gasteiger partial charge in [-0.25, -0.2) is 0 Å². The predicted molar refractivity (Wildman–Crippen MR) is 95.6 cm³/mol. The Balaban J connectivity index is 2.10. The van der Waals surface area contributed by atoms with Crippen LogP contribution in [0.3, 0.4) is 0 Å². The molecule has 2 aromatic rings. The number of carbonyl (C=O) groups excluding carboxylic acids is 2. The van der Waals surface area contributed by atoms with Crippen molar-refractivity contribution in [3.05, 3.63) is 66.2 Å². The largest absolute Gasteiger partial charge is 0.289 e. The van der Waals surface area contributed by atoms with Crippen LogP contribution in [-0.4, -0.2) is 10.9 Å². The van der Waals surface area contributed by atoms with Crippen LogP contribution in [0.1, 0.15) is 44.1 Å². The molecule has 0 bridgehead atoms. The van der Waals surface area contributed by atoms with E-state index in [0.29, 0.717) is 0 Å². The van der Waals surface area contributed by atoms with Gasteiger partial charge in [0.25, 0.3) is 5.12 Å². The van der Waals surface area contributed by atoms with E-state index < -0.39 is 0 Å². The molecule has 0 heterocycles. The second-order valence-corrected chi connectivity index (χ2v) is 6.57. The van der Waals surface area contributed by atoms with Crippen LogP contribution in [0.15, 0.2) is 65.6 Å². The van der Waals surface area contributed by atoms with Gasteiger partial charge in [-0.1, -0.05) is 74.7 Å². The Kier molecular flexibility index (Phi) is 7.08. The molecule has 0 N–H and O–H groups in total. The lowest BCUT2D eigenvalue weighted by atomic mass is 9.90. The van der Waals surface area contributed by atoms with Crippen LogP contribution >= 0.6 is 11.8 Å². The van der Waals surface area contributed by atoms with Gasteiger partial charge in [-0.3, -0.25) is 9.59 Å². The van der Waals surface area contributed by atoms with Crippen LogP contribution in [0.2, 0.25) is 0 Å². The lowest BCUT2D eigenvalue weighted by molar-refractivity contribution is -0.132. The first-order valence-electron chi connectivity index (χ1n) is 8.08. The average molecular weight is 326 g/mol. The highest BCUT2D eigenvalue weighted by molar-refractivity contribution is 8.15. The molecule has 0 saturated carbocycles. The van der Waals surface area contributed by atoms with Gasteiger partial charge in [0.15, 0.2) is 0 Å². The highest BCUT2D eigenvalue weighted by Crippen LogP contribution is 2.28. The van der Waals surface area contributed by atoms with Crippen LogP contribution in [0.5, 0.6) is 0 Å². The summed E-state index contributed by atoms with van der Waals surface area (Å²) in [5, 5.41) is -0.374. The normalized spacial score (nSPS) is 11.9. The maximum atomic E-state index is 12.7. The Morgan fingerprint density at radius 3 is 2.13 bits per heavy atom. The summed E-state index contributed by atoms with van der Waals surface area (Å²) in [6.45, 7) is 2.13. The number of thioether (sulfide) groups is 1. The van der Waals surface area contributed by atoms with Crippen molar-refractivity contribution in [2.45, 2.75) is 43.4 Å². The van der Waals surface area contributed by atoms with Gasteiger partial charge in [-0.2, -0.15) is 0 Å². The number of hydrogen-bond donors (Lipinski definition) is 0. The van der Waals surface area contributed by atoms with Gasteiger partial charge in [-0.05, 0) is 35.9 Å². The van der Waals surface area contributed by atoms with Crippen LogP contribution in [0.25, 0.3) is 0 Å². The molecule has 3 heteroatoms. The summed E-state index contributed by atoms with van der Waals surface area (Å²) in [5.74, 6) is -0.618. The Morgan fingerprint density at radius 1 is 0.913 bits per heavy atom. The van der Waals surface area contributed by atoms with E-state index in [1.54, 1.807) is 0 Å². The fraction of sp³-hybridized carbons (Fsp3) is 0.300. The molecule has 0 saturated heterocycles. The first-order valence-corrected chi connectivity index (χ1v) is 8.90. The number of carbonyl (C=O) groups is 2. The highest BCUT2D eigenvalue weighted by Gasteiger charge is 2.26. The fourth-order valence-corrected chi connectivity index (χ4v) is 3.27. The van der Waals surface area contributed by atoms with Crippen molar-refractivity contribution < 1.29 is 9.59 Å². The second kappa shape index (κ2) is 9.31. The number of unbranched alkanes of at least 4 members (excludes halogenated alkanes) is 2. The zero-order valence-electron chi connectivity index (χ0n) is 13.4. The van der Waals surface area contributed by atoms with Crippen LogP contribution in [-0.2, 0) is 9.59 Å². The zero-order chi connectivity index (χ0) is 16.5. The minimum absolute atomic E-state index is 0.291. The van der Waals surface area contributed by atoms with E-state index in [2.05, 4.69) is 6.92 Å². The Morgan fingerprint density at radius 2 is 1.52 bits per heavy atom. The quantitative estimate of drug-likeness (QED) is 0.378. The zero-order valence-corrected chi connectivity index (χ0v) is 14.2. The fourth-order valence-electron chi connectivity index (χ4n) is 2.52. The number of hydrogen-bond acceptors (Lipinski definition) is 3. The third kappa shape index (κ3) is 5.36. The lowest BCUT2D eigenvalue weighted by Gasteiger charge is -2.15. The molecule has 0 aliphatic heterocycles. The molecule has 2 aromatic carbocycles. The molecule has 0 spiro atoms. The van der Waals surface area contributed by atoms with Crippen LogP contribution < -0.4 is 0 Å². The Hall–Kier alpha value is -1.87. The highest BCUT2D eigenvalue weighted by atomic mass is 32.2. The van der Waals surface area contributed by atoms with Crippen molar-refractivity contribution >= 4 is 22.7 Å². The van der Waals surface area contributed by atoms with Crippen LogP contribution in [0, 0.1) is 0 Å². The van der Waals surface area contributed by atoms with Crippen LogP contribution in [0.4, 0.5) is 0 Å². The molecule has 23 heavy (non-hydrogen) atoms. The second-order valence-electron chi connectivity index (χ2n) is 5.53. The third-order valence-electron chi connectivity index (χ3n) is 3.77. The molecule has 1 unspecified atom stereocenters. The van der Waals surface area contributed by atoms with Gasteiger partial charge in [-0.15, -0.1) is 0 Å². The van der Waals surface area contributed by atoms with E-state index in [1.807, 2.05) is 60.7 Å². The molecule has 0 aliphatic rings. The van der Waals surface area contributed by atoms with E-state index in [0.717, 1.165) is 47.9 Å². The van der Waals surface area contributed by atoms with Gasteiger partial charge in [0.2, 0.25) is 5.78 Å². The van der Waals surface area contributed by atoms with E-state index >= 15 is 0 Å². The van der Waals surface area contributed by atoms with E-state index in [1.165, 1.54) is 0 Å². The molecular weight excluding hydrogens is 304 g/mol. The summed E-state index contributed by atoms with van der Waals surface area (Å²) >= 11 is 1.03. The molecular formula is C20H22O2S. The smallest absolute Gasteiger partial charge is 0.260 e. The monoisotopic (exact) mass is 326 g/mol. The van der Waals surface area contributed by atoms with Gasteiger partial charge in [0.1, 0.15) is 0 Å². The van der Waals surface area contributed by atoms with Gasteiger partial charge < -0.3 is 0 Å².